The van der Waals surface area contributed by atoms with Crippen molar-refractivity contribution in [2.24, 2.45) is 0 Å². The summed E-state index contributed by atoms with van der Waals surface area (Å²) >= 11 is 0. The van der Waals surface area contributed by atoms with Gasteiger partial charge in [0.2, 0.25) is 0 Å². The third-order valence-electron chi connectivity index (χ3n) is 1.66. The van der Waals surface area contributed by atoms with Crippen LogP contribution >= 0.6 is 8.86 Å². The zero-order valence-electron chi connectivity index (χ0n) is 6.59. The predicted octanol–water partition coefficient (Wildman–Crippen LogP) is 2.95. The van der Waals surface area contributed by atoms with E-state index >= 15 is 0 Å². The maximum atomic E-state index is 3.34. The molecule has 1 aromatic carbocycles. The number of hydrogen-bond donors (Lipinski definition) is 0. The fraction of sp³-hybridized carbons (Fsp3) is 0.300. The molecule has 0 spiro atoms. The molecule has 0 atom stereocenters. The van der Waals surface area contributed by atoms with Crippen molar-refractivity contribution < 1.29 is 0 Å². The van der Waals surface area contributed by atoms with Gasteiger partial charge in [-0.05, 0) is 24.8 Å². The van der Waals surface area contributed by atoms with Crippen molar-refractivity contribution in [2.45, 2.75) is 19.3 Å². The highest BCUT2D eigenvalue weighted by molar-refractivity contribution is 7.18. The molecule has 0 fully saturated rings. The van der Waals surface area contributed by atoms with Gasteiger partial charge in [-0.3, -0.25) is 0 Å². The summed E-state index contributed by atoms with van der Waals surface area (Å²) in [5.74, 6) is 2.03. The lowest BCUT2D eigenvalue weighted by Gasteiger charge is -1.96. The van der Waals surface area contributed by atoms with Gasteiger partial charge in [0.05, 0.1) is 0 Å². The van der Waals surface area contributed by atoms with Gasteiger partial charge < -0.3 is 0 Å². The maximum absolute atomic E-state index is 3.34. The molecule has 0 saturated carbocycles. The Morgan fingerprint density at radius 1 is 1.18 bits per heavy atom. The van der Waals surface area contributed by atoms with Gasteiger partial charge in [0.25, 0.3) is 0 Å². The van der Waals surface area contributed by atoms with Gasteiger partial charge in [0, 0.05) is 0 Å². The second kappa shape index (κ2) is 5.09. The highest BCUT2D eigenvalue weighted by Crippen LogP contribution is 2.03. The van der Waals surface area contributed by atoms with Crippen LogP contribution in [0.15, 0.2) is 30.3 Å². The van der Waals surface area contributed by atoms with Crippen molar-refractivity contribution in [3.05, 3.63) is 35.9 Å². The largest absolute Gasteiger partial charge is 0.127 e. The van der Waals surface area contributed by atoms with Crippen LogP contribution in [0.5, 0.6) is 0 Å². The fourth-order valence-electron chi connectivity index (χ4n) is 1.05. The van der Waals surface area contributed by atoms with Gasteiger partial charge >= 0.3 is 0 Å². The second-order valence-corrected chi connectivity index (χ2v) is 2.99. The molecule has 1 heteroatoms. The molecule has 0 nitrogen and oxygen atoms in total. The SMILES string of the molecule is P=CCCCc1ccccc1. The van der Waals surface area contributed by atoms with Gasteiger partial charge in [-0.15, -0.1) is 8.86 Å². The van der Waals surface area contributed by atoms with E-state index < -0.39 is 0 Å². The molecule has 0 bridgehead atoms. The van der Waals surface area contributed by atoms with Gasteiger partial charge in [-0.2, -0.15) is 0 Å². The smallest absolute Gasteiger partial charge is 0.0276 e. The second-order valence-electron chi connectivity index (χ2n) is 2.58. The molecular weight excluding hydrogens is 151 g/mol. The number of hydrogen-bond acceptors (Lipinski definition) is 0. The van der Waals surface area contributed by atoms with Crippen LogP contribution < -0.4 is 0 Å². The summed E-state index contributed by atoms with van der Waals surface area (Å²) < 4.78 is 0. The summed E-state index contributed by atoms with van der Waals surface area (Å²) in [5.41, 5.74) is 1.43. The zero-order chi connectivity index (χ0) is 7.94. The van der Waals surface area contributed by atoms with Gasteiger partial charge in [0.15, 0.2) is 0 Å². The zero-order valence-corrected chi connectivity index (χ0v) is 7.59. The minimum atomic E-state index is 1.14. The summed E-state index contributed by atoms with van der Waals surface area (Å²) in [6, 6.07) is 10.6. The highest BCUT2D eigenvalue weighted by Gasteiger charge is 1.88. The molecule has 0 aliphatic carbocycles. The van der Waals surface area contributed by atoms with Gasteiger partial charge in [-0.1, -0.05) is 36.1 Å². The van der Waals surface area contributed by atoms with E-state index in [0.29, 0.717) is 0 Å². The normalized spacial score (nSPS) is 9.45. The molecule has 0 N–H and O–H groups in total. The molecule has 0 aliphatic rings. The van der Waals surface area contributed by atoms with Crippen LogP contribution in [0.1, 0.15) is 18.4 Å². The molecule has 0 heterocycles. The minimum Gasteiger partial charge on any atom is -0.127 e. The average molecular weight is 164 g/mol. The average Bonchev–Trinajstić information content (AvgIpc) is 2.07. The summed E-state index contributed by atoms with van der Waals surface area (Å²) in [6.07, 6.45) is 3.56. The molecule has 0 radical (unpaired) electrons. The lowest BCUT2D eigenvalue weighted by molar-refractivity contribution is 0.878. The van der Waals surface area contributed by atoms with Crippen molar-refractivity contribution >= 4 is 14.7 Å². The maximum Gasteiger partial charge on any atom is -0.0276 e. The Balaban J connectivity index is 2.33. The van der Waals surface area contributed by atoms with Crippen molar-refractivity contribution in [1.29, 1.82) is 0 Å². The van der Waals surface area contributed by atoms with Crippen LogP contribution in [0.25, 0.3) is 0 Å². The fourth-order valence-corrected chi connectivity index (χ4v) is 1.26. The Morgan fingerprint density at radius 3 is 2.55 bits per heavy atom. The molecule has 1 rings (SSSR count). The van der Waals surface area contributed by atoms with Crippen LogP contribution in [0.4, 0.5) is 0 Å². The number of benzene rings is 1. The molecule has 0 unspecified atom stereocenters. The summed E-state index contributed by atoms with van der Waals surface area (Å²) in [6.45, 7) is 0. The van der Waals surface area contributed by atoms with Crippen LogP contribution in [0.2, 0.25) is 0 Å². The van der Waals surface area contributed by atoms with E-state index in [2.05, 4.69) is 39.2 Å². The monoisotopic (exact) mass is 164 g/mol. The number of aryl methyl sites for hydroxylation is 1. The molecule has 0 aromatic heterocycles. The Labute approximate surface area is 70.5 Å². The minimum absolute atomic E-state index is 1.14. The van der Waals surface area contributed by atoms with Gasteiger partial charge in [0.1, 0.15) is 0 Å². The molecule has 0 aliphatic heterocycles. The quantitative estimate of drug-likeness (QED) is 0.474. The standard InChI is InChI=1S/C10H13P/c11-9-5-4-8-10-6-2-1-3-7-10/h1-3,6-7,9,11H,4-5,8H2. The lowest BCUT2D eigenvalue weighted by Crippen LogP contribution is -1.83. The van der Waals surface area contributed by atoms with Crippen LogP contribution in [-0.2, 0) is 6.42 Å². The van der Waals surface area contributed by atoms with Crippen LogP contribution in [-0.4, -0.2) is 5.80 Å². The van der Waals surface area contributed by atoms with E-state index in [9.17, 15) is 0 Å². The van der Waals surface area contributed by atoms with E-state index in [1.807, 2.05) is 5.80 Å². The summed E-state index contributed by atoms with van der Waals surface area (Å²) in [5, 5.41) is 0. The first-order valence-corrected chi connectivity index (χ1v) is 4.54. The van der Waals surface area contributed by atoms with E-state index in [-0.39, 0.29) is 0 Å². The van der Waals surface area contributed by atoms with E-state index in [0.717, 1.165) is 6.42 Å². The van der Waals surface area contributed by atoms with Crippen molar-refractivity contribution in [3.8, 4) is 0 Å². The topological polar surface area (TPSA) is 0 Å². The van der Waals surface area contributed by atoms with Crippen molar-refractivity contribution in [2.75, 3.05) is 0 Å². The molecule has 58 valence electrons. The van der Waals surface area contributed by atoms with Crippen molar-refractivity contribution in [3.63, 3.8) is 0 Å². The molecule has 0 saturated heterocycles. The van der Waals surface area contributed by atoms with E-state index in [4.69, 9.17) is 0 Å². The van der Waals surface area contributed by atoms with Crippen LogP contribution in [0, 0.1) is 0 Å². The molecular formula is C10H13P. The third kappa shape index (κ3) is 3.34. The highest BCUT2D eigenvalue weighted by atomic mass is 31.0. The van der Waals surface area contributed by atoms with Gasteiger partial charge in [-0.25, -0.2) is 0 Å². The Bertz CT molecular complexity index is 203. The first-order chi connectivity index (χ1) is 5.43. The van der Waals surface area contributed by atoms with Crippen LogP contribution in [0.3, 0.4) is 0 Å². The first kappa shape index (κ1) is 8.49. The summed E-state index contributed by atoms with van der Waals surface area (Å²) in [7, 11) is 3.34. The number of unbranched alkanes of at least 4 members (excludes halogenated alkanes) is 1. The molecule has 0 amide bonds. The van der Waals surface area contributed by atoms with Crippen molar-refractivity contribution in [1.82, 2.24) is 0 Å². The summed E-state index contributed by atoms with van der Waals surface area (Å²) in [4.78, 5) is 0. The van der Waals surface area contributed by atoms with E-state index in [1.165, 1.54) is 18.4 Å². The molecule has 11 heavy (non-hydrogen) atoms. The predicted molar refractivity (Wildman–Crippen MR) is 53.8 cm³/mol. The number of rotatable bonds is 4. The lowest BCUT2D eigenvalue weighted by atomic mass is 10.1. The Hall–Kier alpha value is -0.610. The Morgan fingerprint density at radius 2 is 1.91 bits per heavy atom. The Kier molecular flexibility index (Phi) is 3.93. The third-order valence-corrected chi connectivity index (χ3v) is 1.95. The molecule has 1 aromatic rings. The first-order valence-electron chi connectivity index (χ1n) is 3.96. The van der Waals surface area contributed by atoms with E-state index in [1.54, 1.807) is 0 Å².